The Labute approximate surface area is 271 Å². The molecule has 1 saturated carbocycles. The number of nitriles is 1. The van der Waals surface area contributed by atoms with E-state index in [0.29, 0.717) is 18.7 Å². The quantitative estimate of drug-likeness (QED) is 0.254. The van der Waals surface area contributed by atoms with Crippen LogP contribution in [0.3, 0.4) is 0 Å². The number of carbonyl (C=O) groups excluding carboxylic acids is 1. The van der Waals surface area contributed by atoms with Gasteiger partial charge in [-0.2, -0.15) is 5.26 Å². The molecule has 10 heteroatoms. The van der Waals surface area contributed by atoms with Gasteiger partial charge in [-0.05, 0) is 78.6 Å². The number of benzene rings is 3. The molecular weight excluding hydrogens is 619 g/mol. The SMILES string of the molecule is CC(C)(C)C[C@@H]1N(CC2CCC2)[C@@H](C(=O)Nc2ccc(C(=O)O)cc2)[C@H](c2cccc(Cl)c2F)[C@@]1(C#N)c1ccc(Cl)cc1F. The summed E-state index contributed by atoms with van der Waals surface area (Å²) >= 11 is 12.5. The summed E-state index contributed by atoms with van der Waals surface area (Å²) < 4.78 is 32.3. The zero-order valence-corrected chi connectivity index (χ0v) is 26.8. The van der Waals surface area contributed by atoms with Gasteiger partial charge in [0, 0.05) is 34.8 Å². The van der Waals surface area contributed by atoms with Crippen LogP contribution in [0.1, 0.15) is 73.9 Å². The van der Waals surface area contributed by atoms with E-state index in [2.05, 4.69) is 11.4 Å². The second kappa shape index (κ2) is 12.7. The summed E-state index contributed by atoms with van der Waals surface area (Å²) in [5.74, 6) is -4.06. The van der Waals surface area contributed by atoms with Gasteiger partial charge in [-0.3, -0.25) is 9.69 Å². The lowest BCUT2D eigenvalue weighted by Gasteiger charge is -2.41. The molecule has 2 fully saturated rings. The molecule has 45 heavy (non-hydrogen) atoms. The number of likely N-dealkylation sites (tertiary alicyclic amines) is 1. The van der Waals surface area contributed by atoms with Gasteiger partial charge in [-0.15, -0.1) is 0 Å². The number of halogens is 4. The topological polar surface area (TPSA) is 93.4 Å². The van der Waals surface area contributed by atoms with Crippen molar-refractivity contribution >= 4 is 40.8 Å². The summed E-state index contributed by atoms with van der Waals surface area (Å²) in [4.78, 5) is 27.9. The van der Waals surface area contributed by atoms with E-state index < -0.39 is 46.9 Å². The van der Waals surface area contributed by atoms with Gasteiger partial charge in [0.2, 0.25) is 5.91 Å². The maximum Gasteiger partial charge on any atom is 0.335 e. The lowest BCUT2D eigenvalue weighted by atomic mass is 9.62. The summed E-state index contributed by atoms with van der Waals surface area (Å²) in [6, 6.07) is 14.9. The van der Waals surface area contributed by atoms with E-state index in [4.69, 9.17) is 23.2 Å². The summed E-state index contributed by atoms with van der Waals surface area (Å²) in [5, 5.41) is 23.5. The van der Waals surface area contributed by atoms with Crippen molar-refractivity contribution in [3.05, 3.63) is 99.0 Å². The third kappa shape index (κ3) is 6.31. The van der Waals surface area contributed by atoms with Crippen LogP contribution in [0.15, 0.2) is 60.7 Å². The Morgan fingerprint density at radius 1 is 1.09 bits per heavy atom. The van der Waals surface area contributed by atoms with E-state index in [9.17, 15) is 20.0 Å². The van der Waals surface area contributed by atoms with Gasteiger partial charge in [0.1, 0.15) is 17.0 Å². The summed E-state index contributed by atoms with van der Waals surface area (Å²) in [6.45, 7) is 6.50. The first-order valence-corrected chi connectivity index (χ1v) is 15.7. The first-order valence-electron chi connectivity index (χ1n) is 15.0. The van der Waals surface area contributed by atoms with Crippen molar-refractivity contribution < 1.29 is 23.5 Å². The molecule has 0 unspecified atom stereocenters. The molecule has 6 nitrogen and oxygen atoms in total. The Balaban J connectivity index is 1.78. The summed E-state index contributed by atoms with van der Waals surface area (Å²) in [5.41, 5.74) is -1.65. The predicted molar refractivity (Wildman–Crippen MR) is 171 cm³/mol. The fourth-order valence-electron chi connectivity index (χ4n) is 6.94. The average molecular weight is 655 g/mol. The fraction of sp³-hybridized carbons (Fsp3) is 0.400. The van der Waals surface area contributed by atoms with Crippen LogP contribution in [0.4, 0.5) is 14.5 Å². The molecule has 5 rings (SSSR count). The van der Waals surface area contributed by atoms with Crippen molar-refractivity contribution in [1.82, 2.24) is 4.90 Å². The molecule has 1 aliphatic carbocycles. The number of amides is 1. The smallest absolute Gasteiger partial charge is 0.335 e. The van der Waals surface area contributed by atoms with Crippen molar-refractivity contribution in [1.29, 1.82) is 5.26 Å². The zero-order chi connectivity index (χ0) is 32.7. The van der Waals surface area contributed by atoms with Crippen molar-refractivity contribution in [2.24, 2.45) is 11.3 Å². The molecule has 1 amide bonds. The predicted octanol–water partition coefficient (Wildman–Crippen LogP) is 8.44. The highest BCUT2D eigenvalue weighted by Gasteiger charge is 2.65. The number of carbonyl (C=O) groups is 2. The summed E-state index contributed by atoms with van der Waals surface area (Å²) in [7, 11) is 0. The number of hydrogen-bond donors (Lipinski definition) is 2. The molecule has 236 valence electrons. The molecule has 0 bridgehead atoms. The van der Waals surface area contributed by atoms with E-state index in [1.807, 2.05) is 25.7 Å². The van der Waals surface area contributed by atoms with Crippen molar-refractivity contribution in [2.75, 3.05) is 11.9 Å². The number of anilines is 1. The first-order chi connectivity index (χ1) is 21.3. The Morgan fingerprint density at radius 2 is 1.78 bits per heavy atom. The number of carboxylic acid groups (broad SMARTS) is 1. The standard InChI is InChI=1S/C35H35Cl2F2N3O3/c1-34(2,3)17-28-35(19-40,25-15-12-22(36)16-27(25)38)29(24-8-5-9-26(37)30(24)39)31(42(28)18-20-6-4-7-20)32(43)41-23-13-10-21(11-14-23)33(44)45/h5,8-16,20,28-29,31H,4,6-7,17-18H2,1-3H3,(H,41,43)(H,44,45)/t28-,29-,31+,35-/m0/s1. The van der Waals surface area contributed by atoms with E-state index in [1.165, 1.54) is 48.5 Å². The largest absolute Gasteiger partial charge is 0.478 e. The minimum Gasteiger partial charge on any atom is -0.478 e. The van der Waals surface area contributed by atoms with Gasteiger partial charge in [0.25, 0.3) is 0 Å². The molecule has 3 aromatic rings. The molecule has 2 aliphatic rings. The van der Waals surface area contributed by atoms with Crippen molar-refractivity contribution in [2.45, 2.75) is 69.9 Å². The van der Waals surface area contributed by atoms with Gasteiger partial charge in [0.05, 0.1) is 22.7 Å². The highest BCUT2D eigenvalue weighted by molar-refractivity contribution is 6.31. The van der Waals surface area contributed by atoms with E-state index in [-0.39, 0.29) is 38.1 Å². The molecule has 1 heterocycles. The van der Waals surface area contributed by atoms with E-state index >= 15 is 8.78 Å². The van der Waals surface area contributed by atoms with Crippen molar-refractivity contribution in [3.8, 4) is 6.07 Å². The first kappa shape index (κ1) is 32.9. The molecule has 0 aromatic heterocycles. The van der Waals surface area contributed by atoms with E-state index in [1.54, 1.807) is 6.07 Å². The molecule has 1 aliphatic heterocycles. The van der Waals surface area contributed by atoms with Crippen LogP contribution in [0.25, 0.3) is 0 Å². The van der Waals surface area contributed by atoms with Gasteiger partial charge in [-0.25, -0.2) is 13.6 Å². The lowest BCUT2D eigenvalue weighted by molar-refractivity contribution is -0.121. The van der Waals surface area contributed by atoms with E-state index in [0.717, 1.165) is 25.3 Å². The third-order valence-electron chi connectivity index (χ3n) is 9.14. The highest BCUT2D eigenvalue weighted by atomic mass is 35.5. The number of nitrogens with zero attached hydrogens (tertiary/aromatic N) is 2. The monoisotopic (exact) mass is 653 g/mol. The van der Waals surface area contributed by atoms with Crippen LogP contribution >= 0.6 is 23.2 Å². The van der Waals surface area contributed by atoms with Crippen LogP contribution in [-0.2, 0) is 10.2 Å². The highest BCUT2D eigenvalue weighted by Crippen LogP contribution is 2.57. The number of hydrogen-bond acceptors (Lipinski definition) is 4. The molecule has 4 atom stereocenters. The lowest BCUT2D eigenvalue weighted by Crippen LogP contribution is -2.50. The van der Waals surface area contributed by atoms with Gasteiger partial charge >= 0.3 is 5.97 Å². The Kier molecular flexibility index (Phi) is 9.28. The van der Waals surface area contributed by atoms with Crippen LogP contribution in [0.5, 0.6) is 0 Å². The van der Waals surface area contributed by atoms with Gasteiger partial charge in [-0.1, -0.05) is 68.6 Å². The Morgan fingerprint density at radius 3 is 2.33 bits per heavy atom. The minimum absolute atomic E-state index is 0.0350. The van der Waals surface area contributed by atoms with Crippen LogP contribution in [0.2, 0.25) is 10.0 Å². The normalized spacial score (nSPS) is 23.7. The van der Waals surface area contributed by atoms with Gasteiger partial charge in [0.15, 0.2) is 0 Å². The molecular formula is C35H35Cl2F2N3O3. The fourth-order valence-corrected chi connectivity index (χ4v) is 7.28. The maximum absolute atomic E-state index is 16.2. The summed E-state index contributed by atoms with van der Waals surface area (Å²) in [6.07, 6.45) is 3.31. The maximum atomic E-state index is 16.2. The second-order valence-corrected chi connectivity index (χ2v) is 14.2. The Bertz CT molecular complexity index is 1650. The molecule has 0 radical (unpaired) electrons. The second-order valence-electron chi connectivity index (χ2n) is 13.3. The number of carboxylic acids is 1. The number of aromatic carboxylic acids is 1. The van der Waals surface area contributed by atoms with Crippen molar-refractivity contribution in [3.63, 3.8) is 0 Å². The molecule has 3 aromatic carbocycles. The number of rotatable bonds is 8. The molecule has 0 spiro atoms. The zero-order valence-electron chi connectivity index (χ0n) is 25.3. The average Bonchev–Trinajstić information content (AvgIpc) is 3.20. The Hall–Kier alpha value is -3.51. The van der Waals surface area contributed by atoms with Crippen LogP contribution in [-0.4, -0.2) is 40.5 Å². The molecule has 1 saturated heterocycles. The minimum atomic E-state index is -1.73. The van der Waals surface area contributed by atoms with Crippen LogP contribution in [0, 0.1) is 34.3 Å². The van der Waals surface area contributed by atoms with Crippen LogP contribution < -0.4 is 5.32 Å². The third-order valence-corrected chi connectivity index (χ3v) is 9.66. The molecule has 2 N–H and O–H groups in total. The van der Waals surface area contributed by atoms with Gasteiger partial charge < -0.3 is 10.4 Å². The number of nitrogens with one attached hydrogen (secondary N) is 1.